The molecule has 0 radical (unpaired) electrons. The number of aromatic nitrogens is 5. The van der Waals surface area contributed by atoms with Crippen LogP contribution < -0.4 is 5.32 Å². The summed E-state index contributed by atoms with van der Waals surface area (Å²) >= 11 is 0. The number of nitrogens with zero attached hydrogens (tertiary/aromatic N) is 5. The first-order valence-electron chi connectivity index (χ1n) is 6.70. The second-order valence-corrected chi connectivity index (χ2v) is 4.85. The fourth-order valence-corrected chi connectivity index (χ4v) is 2.39. The topological polar surface area (TPSA) is 81.7 Å². The van der Waals surface area contributed by atoms with Crippen molar-refractivity contribution in [1.29, 1.82) is 0 Å². The lowest BCUT2D eigenvalue weighted by atomic mass is 10.1. The van der Waals surface area contributed by atoms with Crippen molar-refractivity contribution in [2.75, 3.05) is 5.32 Å². The van der Waals surface area contributed by atoms with Crippen LogP contribution >= 0.6 is 0 Å². The molecule has 0 amide bonds. The van der Waals surface area contributed by atoms with Crippen molar-refractivity contribution < 1.29 is 4.52 Å². The van der Waals surface area contributed by atoms with E-state index in [1.165, 1.54) is 0 Å². The minimum Gasteiger partial charge on any atom is -0.361 e. The van der Waals surface area contributed by atoms with E-state index in [9.17, 15) is 0 Å². The fraction of sp³-hybridized carbons (Fsp3) is 0.286. The van der Waals surface area contributed by atoms with E-state index in [1.54, 1.807) is 4.68 Å². The zero-order valence-corrected chi connectivity index (χ0v) is 12.1. The van der Waals surface area contributed by atoms with Crippen LogP contribution in [-0.2, 0) is 0 Å². The number of anilines is 1. The molecule has 7 nitrogen and oxygen atoms in total. The summed E-state index contributed by atoms with van der Waals surface area (Å²) in [5.74, 6) is 1.37. The summed E-state index contributed by atoms with van der Waals surface area (Å²) in [6, 6.07) is 9.72. The molecule has 1 N–H and O–H groups in total. The van der Waals surface area contributed by atoms with Gasteiger partial charge in [0, 0.05) is 5.56 Å². The van der Waals surface area contributed by atoms with E-state index in [4.69, 9.17) is 4.52 Å². The van der Waals surface area contributed by atoms with E-state index in [1.807, 2.05) is 51.1 Å². The van der Waals surface area contributed by atoms with E-state index in [2.05, 4.69) is 26.0 Å². The molecule has 0 spiro atoms. The molecule has 2 heterocycles. The highest BCUT2D eigenvalue weighted by molar-refractivity contribution is 5.41. The van der Waals surface area contributed by atoms with E-state index in [0.29, 0.717) is 5.95 Å². The van der Waals surface area contributed by atoms with Gasteiger partial charge in [0.25, 0.3) is 0 Å². The van der Waals surface area contributed by atoms with E-state index in [0.717, 1.165) is 22.7 Å². The van der Waals surface area contributed by atoms with Crippen LogP contribution in [0, 0.1) is 13.8 Å². The van der Waals surface area contributed by atoms with Gasteiger partial charge in [-0.1, -0.05) is 28.5 Å². The number of para-hydroxylation sites is 1. The van der Waals surface area contributed by atoms with E-state index >= 15 is 0 Å². The first kappa shape index (κ1) is 13.3. The van der Waals surface area contributed by atoms with Gasteiger partial charge in [0.2, 0.25) is 5.95 Å². The number of tetrazole rings is 1. The normalized spacial score (nSPS) is 12.3. The summed E-state index contributed by atoms with van der Waals surface area (Å²) in [7, 11) is 0. The molecule has 1 atom stereocenters. The number of benzene rings is 1. The SMILES string of the molecule is Cc1noc(C)c1C(C)Nc1nnnn1-c1ccccc1. The maximum Gasteiger partial charge on any atom is 0.248 e. The van der Waals surface area contributed by atoms with Crippen LogP contribution in [0.3, 0.4) is 0 Å². The van der Waals surface area contributed by atoms with Crippen LogP contribution in [-0.4, -0.2) is 25.4 Å². The Hall–Kier alpha value is -2.70. The first-order chi connectivity index (χ1) is 10.2. The molecule has 108 valence electrons. The van der Waals surface area contributed by atoms with Gasteiger partial charge in [-0.2, -0.15) is 4.68 Å². The van der Waals surface area contributed by atoms with Gasteiger partial charge in [0.15, 0.2) is 0 Å². The molecule has 0 saturated heterocycles. The van der Waals surface area contributed by atoms with Crippen molar-refractivity contribution in [2.45, 2.75) is 26.8 Å². The molecule has 7 heteroatoms. The molecule has 0 bridgehead atoms. The number of aryl methyl sites for hydroxylation is 2. The highest BCUT2D eigenvalue weighted by Gasteiger charge is 2.19. The third-order valence-electron chi connectivity index (χ3n) is 3.34. The Balaban J connectivity index is 1.88. The molecule has 0 aliphatic carbocycles. The molecule has 1 unspecified atom stereocenters. The lowest BCUT2D eigenvalue weighted by Crippen LogP contribution is -2.13. The van der Waals surface area contributed by atoms with Gasteiger partial charge in [-0.05, 0) is 43.3 Å². The Morgan fingerprint density at radius 3 is 2.62 bits per heavy atom. The van der Waals surface area contributed by atoms with Gasteiger partial charge in [0.05, 0.1) is 17.4 Å². The van der Waals surface area contributed by atoms with Crippen LogP contribution in [0.4, 0.5) is 5.95 Å². The van der Waals surface area contributed by atoms with Crippen molar-refractivity contribution in [2.24, 2.45) is 0 Å². The summed E-state index contributed by atoms with van der Waals surface area (Å²) in [4.78, 5) is 0. The maximum absolute atomic E-state index is 5.20. The summed E-state index contributed by atoms with van der Waals surface area (Å²) < 4.78 is 6.86. The summed E-state index contributed by atoms with van der Waals surface area (Å²) in [6.45, 7) is 5.84. The smallest absolute Gasteiger partial charge is 0.248 e. The Morgan fingerprint density at radius 1 is 1.19 bits per heavy atom. The highest BCUT2D eigenvalue weighted by atomic mass is 16.5. The molecule has 0 fully saturated rings. The van der Waals surface area contributed by atoms with Crippen LogP contribution in [0.1, 0.15) is 30.0 Å². The molecule has 0 aliphatic rings. The quantitative estimate of drug-likeness (QED) is 0.792. The van der Waals surface area contributed by atoms with Gasteiger partial charge < -0.3 is 9.84 Å². The largest absolute Gasteiger partial charge is 0.361 e. The number of hydrogen-bond acceptors (Lipinski definition) is 6. The second-order valence-electron chi connectivity index (χ2n) is 4.85. The van der Waals surface area contributed by atoms with Crippen molar-refractivity contribution in [3.05, 3.63) is 47.3 Å². The number of nitrogens with one attached hydrogen (secondary N) is 1. The Morgan fingerprint density at radius 2 is 1.95 bits per heavy atom. The van der Waals surface area contributed by atoms with Crippen LogP contribution in [0.15, 0.2) is 34.9 Å². The Bertz CT molecular complexity index is 714. The third kappa shape index (κ3) is 2.49. The molecule has 0 saturated carbocycles. The Kier molecular flexibility index (Phi) is 3.39. The Labute approximate surface area is 122 Å². The fourth-order valence-electron chi connectivity index (χ4n) is 2.39. The molecule has 3 aromatic rings. The summed E-state index contributed by atoms with van der Waals surface area (Å²) in [5, 5.41) is 19.1. The van der Waals surface area contributed by atoms with Crippen LogP contribution in [0.25, 0.3) is 5.69 Å². The van der Waals surface area contributed by atoms with Crippen molar-refractivity contribution in [3.8, 4) is 5.69 Å². The summed E-state index contributed by atoms with van der Waals surface area (Å²) in [6.07, 6.45) is 0. The third-order valence-corrected chi connectivity index (χ3v) is 3.34. The zero-order valence-electron chi connectivity index (χ0n) is 12.1. The predicted molar refractivity (Wildman–Crippen MR) is 77.2 cm³/mol. The van der Waals surface area contributed by atoms with Gasteiger partial charge in [-0.25, -0.2) is 0 Å². The van der Waals surface area contributed by atoms with E-state index in [-0.39, 0.29) is 6.04 Å². The molecule has 1 aromatic carbocycles. The van der Waals surface area contributed by atoms with Gasteiger partial charge in [-0.3, -0.25) is 0 Å². The van der Waals surface area contributed by atoms with Crippen molar-refractivity contribution in [3.63, 3.8) is 0 Å². The molecular formula is C14H16N6O. The van der Waals surface area contributed by atoms with Crippen molar-refractivity contribution >= 4 is 5.95 Å². The second kappa shape index (κ2) is 5.35. The highest BCUT2D eigenvalue weighted by Crippen LogP contribution is 2.24. The predicted octanol–water partition coefficient (Wildman–Crippen LogP) is 2.44. The van der Waals surface area contributed by atoms with Crippen LogP contribution in [0.2, 0.25) is 0 Å². The molecule has 21 heavy (non-hydrogen) atoms. The average molecular weight is 284 g/mol. The number of hydrogen-bond donors (Lipinski definition) is 1. The lowest BCUT2D eigenvalue weighted by Gasteiger charge is -2.14. The molecular weight excluding hydrogens is 268 g/mol. The minimum absolute atomic E-state index is 0.00953. The molecule has 2 aromatic heterocycles. The van der Waals surface area contributed by atoms with Crippen molar-refractivity contribution in [1.82, 2.24) is 25.4 Å². The van der Waals surface area contributed by atoms with Gasteiger partial charge >= 0.3 is 0 Å². The van der Waals surface area contributed by atoms with Crippen LogP contribution in [0.5, 0.6) is 0 Å². The molecule has 3 rings (SSSR count). The summed E-state index contributed by atoms with van der Waals surface area (Å²) in [5.41, 5.74) is 2.79. The maximum atomic E-state index is 5.20. The monoisotopic (exact) mass is 284 g/mol. The number of rotatable bonds is 4. The van der Waals surface area contributed by atoms with Gasteiger partial charge in [-0.15, -0.1) is 0 Å². The zero-order chi connectivity index (χ0) is 14.8. The van der Waals surface area contributed by atoms with E-state index < -0.39 is 0 Å². The van der Waals surface area contributed by atoms with Gasteiger partial charge in [0.1, 0.15) is 5.76 Å². The first-order valence-corrected chi connectivity index (χ1v) is 6.70. The lowest BCUT2D eigenvalue weighted by molar-refractivity contribution is 0.392. The minimum atomic E-state index is -0.00953. The molecule has 0 aliphatic heterocycles. The average Bonchev–Trinajstić information content (AvgIpc) is 3.07. The standard InChI is InChI=1S/C14H16N6O/c1-9(13-10(2)17-21-11(13)3)15-14-16-18-19-20(14)12-7-5-4-6-8-12/h4-9H,1-3H3,(H,15,16,19).